The third-order valence-electron chi connectivity index (χ3n) is 21.4. The molecular formula is C104H130O32Si3. The minimum absolute atomic E-state index is 0.0210. The van der Waals surface area contributed by atoms with Gasteiger partial charge in [-0.2, -0.15) is 0 Å². The Morgan fingerprint density at radius 1 is 0.216 bits per heavy atom. The molecule has 32 nitrogen and oxygen atoms in total. The second-order valence-corrected chi connectivity index (χ2v) is 48.4. The molecule has 3 N–H and O–H groups in total. The van der Waals surface area contributed by atoms with Gasteiger partial charge in [0.1, 0.15) is 37.6 Å². The summed E-state index contributed by atoms with van der Waals surface area (Å²) in [6, 6.07) is 76.9. The van der Waals surface area contributed by atoms with E-state index >= 15 is 0 Å². The summed E-state index contributed by atoms with van der Waals surface area (Å²) in [5.41, 5.74) is 1.63. The van der Waals surface area contributed by atoms with Crippen LogP contribution in [0.1, 0.15) is 170 Å². The number of benzene rings is 8. The topological polar surface area (TPSA) is 438 Å². The molecule has 0 bridgehead atoms. The van der Waals surface area contributed by atoms with E-state index in [1.807, 2.05) is 231 Å². The zero-order chi connectivity index (χ0) is 104. The smallest absolute Gasteiger partial charge is 0.347 e. The maximum absolute atomic E-state index is 13.3. The number of aliphatic hydroxyl groups is 1. The molecule has 8 rings (SSSR count). The number of hydrogen-bond acceptors (Lipinski definition) is 30. The van der Waals surface area contributed by atoms with Crippen LogP contribution in [0.15, 0.2) is 243 Å². The number of carboxylic acids is 2. The van der Waals surface area contributed by atoms with Gasteiger partial charge in [-0.05, 0) is 154 Å². The molecule has 0 heterocycles. The Balaban J connectivity index is 0.000000339. The molecule has 8 aromatic carbocycles. The summed E-state index contributed by atoms with van der Waals surface area (Å²) in [6.45, 7) is 37.7. The Morgan fingerprint density at radius 3 is 0.518 bits per heavy atom. The van der Waals surface area contributed by atoms with Crippen LogP contribution in [0.25, 0.3) is 0 Å². The van der Waals surface area contributed by atoms with Gasteiger partial charge in [0.25, 0.3) is 25.0 Å². The van der Waals surface area contributed by atoms with Crippen molar-refractivity contribution in [1.29, 1.82) is 0 Å². The van der Waals surface area contributed by atoms with Gasteiger partial charge < -0.3 is 85.4 Å². The monoisotopic (exact) mass is 1970 g/mol. The fourth-order valence-electron chi connectivity index (χ4n) is 13.9. The highest BCUT2D eigenvalue weighted by Crippen LogP contribution is 2.41. The van der Waals surface area contributed by atoms with Gasteiger partial charge in [0, 0.05) is 0 Å². The first-order valence-electron chi connectivity index (χ1n) is 45.1. The number of aliphatic hydroxyl groups excluding tert-OH is 1. The molecule has 139 heavy (non-hydrogen) atoms. The lowest BCUT2D eigenvalue weighted by Gasteiger charge is -2.44. The molecular weight excluding hydrogens is 1850 g/mol. The van der Waals surface area contributed by atoms with Gasteiger partial charge in [0.2, 0.25) is 0 Å². The number of carboxylic acid groups (broad SMARTS) is 2. The van der Waals surface area contributed by atoms with Gasteiger partial charge in [-0.1, -0.05) is 305 Å². The summed E-state index contributed by atoms with van der Waals surface area (Å²) in [7, 11) is -9.15. The number of rotatable bonds is 40. The van der Waals surface area contributed by atoms with Crippen LogP contribution in [0.5, 0.6) is 0 Å². The van der Waals surface area contributed by atoms with E-state index < -0.39 is 194 Å². The number of hydrogen-bond donors (Lipinski definition) is 3. The van der Waals surface area contributed by atoms with Crippen molar-refractivity contribution in [2.75, 3.05) is 0 Å². The largest absolute Gasteiger partial charge is 0.479 e. The van der Waals surface area contributed by atoms with Crippen molar-refractivity contribution in [1.82, 2.24) is 0 Å². The lowest BCUT2D eigenvalue weighted by Crippen LogP contribution is -2.68. The highest BCUT2D eigenvalue weighted by molar-refractivity contribution is 7.01. The predicted molar refractivity (Wildman–Crippen MR) is 519 cm³/mol. The van der Waals surface area contributed by atoms with E-state index in [9.17, 15) is 67.1 Å². The van der Waals surface area contributed by atoms with E-state index in [0.29, 0.717) is 0 Å². The first-order chi connectivity index (χ1) is 65.2. The summed E-state index contributed by atoms with van der Waals surface area (Å²) in [5.74, 6) is -13.1. The van der Waals surface area contributed by atoms with E-state index in [1.165, 1.54) is 76.2 Å². The van der Waals surface area contributed by atoms with Crippen molar-refractivity contribution in [2.24, 2.45) is 0 Å². The summed E-state index contributed by atoms with van der Waals surface area (Å²) < 4.78 is 80.8. The Morgan fingerprint density at radius 2 is 0.360 bits per heavy atom. The van der Waals surface area contributed by atoms with Crippen molar-refractivity contribution in [3.8, 4) is 0 Å². The molecule has 0 fully saturated rings. The van der Waals surface area contributed by atoms with Crippen LogP contribution < -0.4 is 31.1 Å². The van der Waals surface area contributed by atoms with Crippen LogP contribution in [-0.2, 0) is 150 Å². The molecule has 0 unspecified atom stereocenters. The lowest BCUT2D eigenvalue weighted by atomic mass is 10.2. The first-order valence-corrected chi connectivity index (χ1v) is 50.9. The molecule has 0 amide bonds. The molecule has 0 aliphatic carbocycles. The van der Waals surface area contributed by atoms with Crippen LogP contribution >= 0.6 is 0 Å². The zero-order valence-corrected chi connectivity index (χ0v) is 85.8. The quantitative estimate of drug-likeness (QED) is 0.0182. The van der Waals surface area contributed by atoms with Gasteiger partial charge in [-0.3, -0.25) is 0 Å². The molecule has 0 aliphatic rings. The zero-order valence-electron chi connectivity index (χ0n) is 82.8. The number of esters is 12. The molecule has 0 radical (unpaired) electrons. The molecule has 0 aromatic heterocycles. The molecule has 14 atom stereocenters. The second-order valence-electron chi connectivity index (χ2n) is 35.6. The van der Waals surface area contributed by atoms with E-state index in [2.05, 4.69) is 62.3 Å². The number of carbonyl (C=O) groups excluding carboxylic acids is 12. The minimum atomic E-state index is -3.06. The fraction of sp³-hybridized carbons (Fsp3) is 0.404. The number of aliphatic carboxylic acids is 2. The van der Waals surface area contributed by atoms with Crippen LogP contribution in [0, 0.1) is 0 Å². The SMILES string of the molecule is C[C@H](O)C(=O)O[C@H](C)C(=O)OCc1ccccc1.C[C@H](O[Si](c1ccccc1)(c1ccccc1)C(C)(C)C)C(=O)O[C@H](C)C(=O)O[C@H](C)C(=O)O[C@H](C)C(=O)O.C[C@H](O[Si](c1ccccc1)(c1ccccc1)C(C)(C)C)C(=O)O[C@H](C)C(=O)O[C@H](C)C(=O)O[C@H](C)C(=O)O.C[C@H](O[Si](c1ccccc1)(c1ccccc1)C(C)(C)C)C(=O)O[C@H](C)C(=O)O[C@H](C)C(=O)O[C@H](C)C(=O)OCc1ccccc1. The molecule has 35 heteroatoms. The van der Waals surface area contributed by atoms with Gasteiger partial charge in [0.05, 0.1) is 0 Å². The fourth-order valence-corrected chi connectivity index (χ4v) is 27.8. The highest BCUT2D eigenvalue weighted by atomic mass is 28.4. The van der Waals surface area contributed by atoms with E-state index in [-0.39, 0.29) is 28.3 Å². The van der Waals surface area contributed by atoms with Gasteiger partial charge in [-0.25, -0.2) is 67.1 Å². The van der Waals surface area contributed by atoms with Crippen LogP contribution in [0.2, 0.25) is 15.1 Å². The molecule has 750 valence electrons. The third kappa shape index (κ3) is 34.2. The summed E-state index contributed by atoms with van der Waals surface area (Å²) in [4.78, 5) is 170. The predicted octanol–water partition coefficient (Wildman–Crippen LogP) is 11.2. The molecule has 0 saturated heterocycles. The van der Waals surface area contributed by atoms with Crippen LogP contribution in [-0.4, -0.2) is 209 Å². The van der Waals surface area contributed by atoms with Crippen LogP contribution in [0.3, 0.4) is 0 Å². The Hall–Kier alpha value is -13.2. The average molecular weight is 1980 g/mol. The van der Waals surface area contributed by atoms with E-state index in [0.717, 1.165) is 42.2 Å². The third-order valence-corrected chi connectivity index (χ3v) is 36.7. The van der Waals surface area contributed by atoms with Gasteiger partial charge in [0.15, 0.2) is 61.0 Å². The normalized spacial score (nSPS) is 14.5. The second kappa shape index (κ2) is 54.3. The minimum Gasteiger partial charge on any atom is -0.479 e. The molecule has 8 aromatic rings. The Labute approximate surface area is 814 Å². The van der Waals surface area contributed by atoms with Crippen LogP contribution in [0.4, 0.5) is 0 Å². The van der Waals surface area contributed by atoms with Crippen molar-refractivity contribution in [2.45, 2.75) is 273 Å². The van der Waals surface area contributed by atoms with Crippen molar-refractivity contribution >= 4 is 140 Å². The van der Waals surface area contributed by atoms with Gasteiger partial charge >= 0.3 is 83.6 Å². The maximum Gasteiger partial charge on any atom is 0.347 e. The summed E-state index contributed by atoms with van der Waals surface area (Å²) in [5, 5.41) is 31.4. The standard InChI is InChI=1S/C35H42O9Si.2C28H36O9Si.C13H16O5/c1-24(31(36)40-23-28-17-11-8-12-18-28)41-32(37)25(2)42-33(38)26(3)43-34(39)27(4)44-45(35(5,6)7,29-19-13-9-14-20-29)30-21-15-10-16-22-30;2*1-18(24(29)30)34-25(31)19(2)35-26(32)20(3)36-27(33)21(4)37-38(28(5,6)7,22-14-10-8-11-15-22)23-16-12-9-13-17-23;1-9(14)12(15)18-10(2)13(16)17-8-11-6-4-3-5-7-11/h8-22,24-27H,23H2,1-7H3;2*8-21H,1-7H3,(H,29,30);3-7,9-10,14H,8H2,1-2H3/t24-,25-,26-,27+;2*18-,19-,20-,21+;9-,10+/m1110/s1. The number of ether oxygens (including phenoxy) is 12. The average Bonchev–Trinajstić information content (AvgIpc) is 0.751. The van der Waals surface area contributed by atoms with E-state index in [1.54, 1.807) is 32.9 Å². The number of carbonyl (C=O) groups is 14. The highest BCUT2D eigenvalue weighted by Gasteiger charge is 2.55. The molecule has 0 spiro atoms. The lowest BCUT2D eigenvalue weighted by molar-refractivity contribution is -0.183. The van der Waals surface area contributed by atoms with Gasteiger partial charge in [-0.15, -0.1) is 0 Å². The Kier molecular flexibility index (Phi) is 45.4. The van der Waals surface area contributed by atoms with E-state index in [4.69, 9.17) is 85.4 Å². The van der Waals surface area contributed by atoms with Crippen molar-refractivity contribution < 1.29 is 153 Å². The molecule has 0 saturated carbocycles. The van der Waals surface area contributed by atoms with Crippen molar-refractivity contribution in [3.05, 3.63) is 254 Å². The first kappa shape index (κ1) is 116. The van der Waals surface area contributed by atoms with Crippen molar-refractivity contribution in [3.63, 3.8) is 0 Å². The maximum atomic E-state index is 13.3. The summed E-state index contributed by atoms with van der Waals surface area (Å²) >= 11 is 0. The Bertz CT molecular complexity index is 5010. The summed E-state index contributed by atoms with van der Waals surface area (Å²) in [6.07, 6.45) is -17.6. The molecule has 0 aliphatic heterocycles.